The van der Waals surface area contributed by atoms with Gasteiger partial charge in [-0.15, -0.1) is 0 Å². The molecule has 0 radical (unpaired) electrons. The lowest BCUT2D eigenvalue weighted by molar-refractivity contribution is -0.118. The van der Waals surface area contributed by atoms with Crippen molar-refractivity contribution in [2.75, 3.05) is 31.6 Å². The molecule has 96 valence electrons. The average Bonchev–Trinajstić information content (AvgIpc) is 2.81. The van der Waals surface area contributed by atoms with Crippen LogP contribution >= 0.6 is 0 Å². The molecule has 0 unspecified atom stereocenters. The number of rotatable bonds is 4. The Labute approximate surface area is 106 Å². The minimum atomic E-state index is -0.329. The Morgan fingerprint density at radius 3 is 2.72 bits per heavy atom. The number of anilines is 1. The highest BCUT2D eigenvalue weighted by Crippen LogP contribution is 2.13. The van der Waals surface area contributed by atoms with Crippen LogP contribution in [0.3, 0.4) is 0 Å². The molecule has 2 amide bonds. The van der Waals surface area contributed by atoms with Crippen LogP contribution in [0.2, 0.25) is 0 Å². The number of ether oxygens (including phenoxy) is 1. The Bertz CT molecular complexity index is 433. The van der Waals surface area contributed by atoms with Crippen LogP contribution < -0.4 is 4.90 Å². The van der Waals surface area contributed by atoms with E-state index in [2.05, 4.69) is 0 Å². The van der Waals surface area contributed by atoms with Crippen LogP contribution in [0.15, 0.2) is 30.3 Å². The number of cyclic esters (lactones) is 1. The largest absolute Gasteiger partial charge is 0.448 e. The quantitative estimate of drug-likeness (QED) is 0.811. The number of benzene rings is 1. The van der Waals surface area contributed by atoms with Gasteiger partial charge in [-0.25, -0.2) is 4.79 Å². The average molecular weight is 248 g/mol. The molecule has 1 aromatic carbocycles. The Balaban J connectivity index is 1.86. The second-order valence-electron chi connectivity index (χ2n) is 4.14. The van der Waals surface area contributed by atoms with E-state index in [1.165, 1.54) is 0 Å². The van der Waals surface area contributed by atoms with E-state index >= 15 is 0 Å². The van der Waals surface area contributed by atoms with Crippen molar-refractivity contribution in [3.63, 3.8) is 0 Å². The predicted octanol–water partition coefficient (Wildman–Crippen LogP) is 1.49. The highest BCUT2D eigenvalue weighted by molar-refractivity contribution is 5.93. The summed E-state index contributed by atoms with van der Waals surface area (Å²) >= 11 is 0. The van der Waals surface area contributed by atoms with E-state index < -0.39 is 0 Å². The maximum absolute atomic E-state index is 12.0. The SMILES string of the molecule is CN(C(=O)CCN1CCOC1=O)c1ccccc1. The Morgan fingerprint density at radius 2 is 2.11 bits per heavy atom. The van der Waals surface area contributed by atoms with Gasteiger partial charge in [-0.05, 0) is 12.1 Å². The van der Waals surface area contributed by atoms with Crippen LogP contribution in [0.1, 0.15) is 6.42 Å². The van der Waals surface area contributed by atoms with Crippen molar-refractivity contribution in [2.45, 2.75) is 6.42 Å². The molecule has 0 bridgehead atoms. The molecule has 0 aliphatic carbocycles. The van der Waals surface area contributed by atoms with E-state index in [0.29, 0.717) is 26.1 Å². The molecule has 18 heavy (non-hydrogen) atoms. The van der Waals surface area contributed by atoms with Crippen molar-refractivity contribution in [3.8, 4) is 0 Å². The van der Waals surface area contributed by atoms with Gasteiger partial charge in [0.05, 0.1) is 6.54 Å². The fraction of sp³-hybridized carbons (Fsp3) is 0.385. The molecule has 1 aliphatic rings. The first-order chi connectivity index (χ1) is 8.68. The molecule has 5 heteroatoms. The van der Waals surface area contributed by atoms with Gasteiger partial charge in [0.15, 0.2) is 0 Å². The zero-order chi connectivity index (χ0) is 13.0. The third-order valence-corrected chi connectivity index (χ3v) is 2.96. The van der Waals surface area contributed by atoms with Crippen molar-refractivity contribution >= 4 is 17.7 Å². The maximum atomic E-state index is 12.0. The van der Waals surface area contributed by atoms with E-state index in [1.54, 1.807) is 16.8 Å². The molecule has 1 saturated heterocycles. The molecule has 1 aromatic rings. The standard InChI is InChI=1S/C13H16N2O3/c1-14(11-5-3-2-4-6-11)12(16)7-8-15-9-10-18-13(15)17/h2-6H,7-10H2,1H3. The topological polar surface area (TPSA) is 49.9 Å². The summed E-state index contributed by atoms with van der Waals surface area (Å²) in [5.41, 5.74) is 0.853. The molecule has 0 spiro atoms. The molecule has 1 aliphatic heterocycles. The molecule has 0 saturated carbocycles. The number of hydrogen-bond donors (Lipinski definition) is 0. The molecule has 1 heterocycles. The smallest absolute Gasteiger partial charge is 0.409 e. The summed E-state index contributed by atoms with van der Waals surface area (Å²) in [5, 5.41) is 0. The van der Waals surface area contributed by atoms with Crippen LogP contribution in [-0.2, 0) is 9.53 Å². The zero-order valence-corrected chi connectivity index (χ0v) is 10.3. The third kappa shape index (κ3) is 2.80. The molecule has 5 nitrogen and oxygen atoms in total. The van der Waals surface area contributed by atoms with Gasteiger partial charge in [-0.3, -0.25) is 4.79 Å². The van der Waals surface area contributed by atoms with E-state index in [4.69, 9.17) is 4.74 Å². The second-order valence-corrected chi connectivity index (χ2v) is 4.14. The van der Waals surface area contributed by atoms with Gasteiger partial charge in [0, 0.05) is 25.7 Å². The van der Waals surface area contributed by atoms with Gasteiger partial charge in [0.2, 0.25) is 5.91 Å². The molecule has 1 fully saturated rings. The van der Waals surface area contributed by atoms with Gasteiger partial charge in [-0.1, -0.05) is 18.2 Å². The maximum Gasteiger partial charge on any atom is 0.409 e. The number of para-hydroxylation sites is 1. The van der Waals surface area contributed by atoms with E-state index in [0.717, 1.165) is 5.69 Å². The van der Waals surface area contributed by atoms with E-state index in [-0.39, 0.29) is 12.0 Å². The van der Waals surface area contributed by atoms with Crippen molar-refractivity contribution in [1.29, 1.82) is 0 Å². The normalized spacial score (nSPS) is 14.5. The molecule has 2 rings (SSSR count). The van der Waals surface area contributed by atoms with Crippen LogP contribution in [-0.4, -0.2) is 43.6 Å². The molecular formula is C13H16N2O3. The molecule has 0 atom stereocenters. The summed E-state index contributed by atoms with van der Waals surface area (Å²) in [6.45, 7) is 1.40. The number of carbonyl (C=O) groups excluding carboxylic acids is 2. The third-order valence-electron chi connectivity index (χ3n) is 2.96. The van der Waals surface area contributed by atoms with Crippen LogP contribution in [0.25, 0.3) is 0 Å². The van der Waals surface area contributed by atoms with Gasteiger partial charge < -0.3 is 14.5 Å². The fourth-order valence-electron chi connectivity index (χ4n) is 1.82. The van der Waals surface area contributed by atoms with Gasteiger partial charge in [-0.2, -0.15) is 0 Å². The first-order valence-electron chi connectivity index (χ1n) is 5.92. The molecule has 0 aromatic heterocycles. The summed E-state index contributed by atoms with van der Waals surface area (Å²) in [7, 11) is 1.74. The summed E-state index contributed by atoms with van der Waals surface area (Å²) in [4.78, 5) is 26.3. The highest BCUT2D eigenvalue weighted by Gasteiger charge is 2.22. The van der Waals surface area contributed by atoms with Crippen molar-refractivity contribution < 1.29 is 14.3 Å². The summed E-state index contributed by atoms with van der Waals surface area (Å²) in [6.07, 6.45) is -0.0225. The minimum absolute atomic E-state index is 0.0131. The monoisotopic (exact) mass is 248 g/mol. The number of hydrogen-bond acceptors (Lipinski definition) is 3. The highest BCUT2D eigenvalue weighted by atomic mass is 16.6. The first-order valence-corrected chi connectivity index (χ1v) is 5.92. The van der Waals surface area contributed by atoms with Crippen LogP contribution in [0.5, 0.6) is 0 Å². The first kappa shape index (κ1) is 12.4. The van der Waals surface area contributed by atoms with Gasteiger partial charge in [0.25, 0.3) is 0 Å². The Morgan fingerprint density at radius 1 is 1.39 bits per heavy atom. The summed E-state index contributed by atoms with van der Waals surface area (Å²) in [6, 6.07) is 9.43. The van der Waals surface area contributed by atoms with Gasteiger partial charge >= 0.3 is 6.09 Å². The fourth-order valence-corrected chi connectivity index (χ4v) is 1.82. The van der Waals surface area contributed by atoms with Crippen molar-refractivity contribution in [3.05, 3.63) is 30.3 Å². The minimum Gasteiger partial charge on any atom is -0.448 e. The number of carbonyl (C=O) groups is 2. The second kappa shape index (κ2) is 5.53. The van der Waals surface area contributed by atoms with E-state index in [9.17, 15) is 9.59 Å². The number of amides is 2. The summed E-state index contributed by atoms with van der Waals surface area (Å²) < 4.78 is 4.80. The Hall–Kier alpha value is -2.04. The van der Waals surface area contributed by atoms with Crippen LogP contribution in [0, 0.1) is 0 Å². The lowest BCUT2D eigenvalue weighted by atomic mass is 10.2. The number of nitrogens with zero attached hydrogens (tertiary/aromatic N) is 2. The Kier molecular flexibility index (Phi) is 3.82. The zero-order valence-electron chi connectivity index (χ0n) is 10.3. The molecule has 0 N–H and O–H groups in total. The van der Waals surface area contributed by atoms with Crippen molar-refractivity contribution in [1.82, 2.24) is 4.90 Å². The predicted molar refractivity (Wildman–Crippen MR) is 67.4 cm³/mol. The van der Waals surface area contributed by atoms with Crippen LogP contribution in [0.4, 0.5) is 10.5 Å². The summed E-state index contributed by atoms with van der Waals surface area (Å²) in [5.74, 6) is -0.0131. The lowest BCUT2D eigenvalue weighted by Gasteiger charge is -2.19. The lowest BCUT2D eigenvalue weighted by Crippen LogP contribution is -2.32. The molecular weight excluding hydrogens is 232 g/mol. The van der Waals surface area contributed by atoms with Gasteiger partial charge in [0.1, 0.15) is 6.61 Å². The van der Waals surface area contributed by atoms with Crippen molar-refractivity contribution in [2.24, 2.45) is 0 Å². The van der Waals surface area contributed by atoms with E-state index in [1.807, 2.05) is 30.3 Å².